The number of rotatable bonds is 5. The Kier molecular flexibility index (Phi) is 5.88. The van der Waals surface area contributed by atoms with E-state index in [9.17, 15) is 9.59 Å². The zero-order chi connectivity index (χ0) is 19.4. The highest BCUT2D eigenvalue weighted by Gasteiger charge is 2.31. The Labute approximate surface area is 159 Å². The number of pyridine rings is 1. The topological polar surface area (TPSA) is 88.3 Å². The maximum absolute atomic E-state index is 12.9. The number of aryl methyl sites for hydroxylation is 1. The number of amides is 2. The SMILES string of the molecule is Cc1noc(C(C)C)c1C(=O)N1CCC(C(=O)NCc2cccnc2)CC1. The van der Waals surface area contributed by atoms with E-state index in [0.29, 0.717) is 49.5 Å². The molecule has 1 N–H and O–H groups in total. The van der Waals surface area contributed by atoms with Gasteiger partial charge in [-0.1, -0.05) is 25.1 Å². The maximum Gasteiger partial charge on any atom is 0.259 e. The van der Waals surface area contributed by atoms with Crippen LogP contribution in [0, 0.1) is 12.8 Å². The van der Waals surface area contributed by atoms with Crippen LogP contribution in [0.5, 0.6) is 0 Å². The Morgan fingerprint density at radius 3 is 2.70 bits per heavy atom. The second-order valence-corrected chi connectivity index (χ2v) is 7.31. The number of carbonyl (C=O) groups excluding carboxylic acids is 2. The molecule has 0 aliphatic carbocycles. The molecule has 0 bridgehead atoms. The van der Waals surface area contributed by atoms with Crippen molar-refractivity contribution in [3.8, 4) is 0 Å². The summed E-state index contributed by atoms with van der Waals surface area (Å²) in [5.41, 5.74) is 2.17. The number of hydrogen-bond donors (Lipinski definition) is 1. The minimum Gasteiger partial charge on any atom is -0.360 e. The minimum atomic E-state index is -0.0705. The lowest BCUT2D eigenvalue weighted by Gasteiger charge is -2.31. The first kappa shape index (κ1) is 19.1. The van der Waals surface area contributed by atoms with Crippen LogP contribution in [0.2, 0.25) is 0 Å². The summed E-state index contributed by atoms with van der Waals surface area (Å²) in [6.07, 6.45) is 4.77. The molecule has 0 radical (unpaired) electrons. The van der Waals surface area contributed by atoms with Crippen LogP contribution in [-0.4, -0.2) is 39.9 Å². The lowest BCUT2D eigenvalue weighted by Crippen LogP contribution is -2.43. The highest BCUT2D eigenvalue weighted by Crippen LogP contribution is 2.26. The Morgan fingerprint density at radius 1 is 1.33 bits per heavy atom. The summed E-state index contributed by atoms with van der Waals surface area (Å²) in [7, 11) is 0. The van der Waals surface area contributed by atoms with Crippen LogP contribution in [-0.2, 0) is 11.3 Å². The molecule has 1 saturated heterocycles. The highest BCUT2D eigenvalue weighted by molar-refractivity contribution is 5.96. The average molecular weight is 370 g/mol. The van der Waals surface area contributed by atoms with Gasteiger partial charge in [-0.25, -0.2) is 0 Å². The number of nitrogens with zero attached hydrogens (tertiary/aromatic N) is 3. The van der Waals surface area contributed by atoms with Crippen molar-refractivity contribution >= 4 is 11.8 Å². The number of likely N-dealkylation sites (tertiary alicyclic amines) is 1. The molecule has 144 valence electrons. The first-order valence-electron chi connectivity index (χ1n) is 9.39. The normalized spacial score (nSPS) is 15.2. The van der Waals surface area contributed by atoms with E-state index in [1.54, 1.807) is 24.2 Å². The monoisotopic (exact) mass is 370 g/mol. The molecule has 2 aromatic rings. The molecule has 2 aromatic heterocycles. The Balaban J connectivity index is 1.55. The Hall–Kier alpha value is -2.70. The van der Waals surface area contributed by atoms with E-state index in [1.165, 1.54) is 0 Å². The molecule has 1 aliphatic heterocycles. The first-order chi connectivity index (χ1) is 13.0. The Bertz CT molecular complexity index is 793. The van der Waals surface area contributed by atoms with Gasteiger partial charge in [0.2, 0.25) is 5.91 Å². The van der Waals surface area contributed by atoms with Crippen molar-refractivity contribution in [1.29, 1.82) is 0 Å². The minimum absolute atomic E-state index is 0.0370. The van der Waals surface area contributed by atoms with Gasteiger partial charge < -0.3 is 14.7 Å². The van der Waals surface area contributed by atoms with Gasteiger partial charge in [0.15, 0.2) is 5.76 Å². The summed E-state index contributed by atoms with van der Waals surface area (Å²) < 4.78 is 5.34. The lowest BCUT2D eigenvalue weighted by atomic mass is 9.94. The van der Waals surface area contributed by atoms with Crippen LogP contribution < -0.4 is 5.32 Å². The summed E-state index contributed by atoms with van der Waals surface area (Å²) in [5.74, 6) is 0.648. The van der Waals surface area contributed by atoms with E-state index in [-0.39, 0.29) is 23.7 Å². The van der Waals surface area contributed by atoms with Crippen molar-refractivity contribution in [1.82, 2.24) is 20.4 Å². The van der Waals surface area contributed by atoms with Crippen LogP contribution >= 0.6 is 0 Å². The summed E-state index contributed by atoms with van der Waals surface area (Å²) >= 11 is 0. The molecule has 0 unspecified atom stereocenters. The molecule has 0 spiro atoms. The molecule has 0 saturated carbocycles. The van der Waals surface area contributed by atoms with Gasteiger partial charge in [-0.15, -0.1) is 0 Å². The number of aromatic nitrogens is 2. The summed E-state index contributed by atoms with van der Waals surface area (Å²) in [6, 6.07) is 3.78. The standard InChI is InChI=1S/C20H26N4O3/c1-13(2)18-17(14(3)23-27-18)20(26)24-9-6-16(7-10-24)19(25)22-12-15-5-4-8-21-11-15/h4-5,8,11,13,16H,6-7,9-10,12H2,1-3H3,(H,22,25). The third-order valence-corrected chi connectivity index (χ3v) is 4.97. The van der Waals surface area contributed by atoms with Crippen molar-refractivity contribution in [2.24, 2.45) is 5.92 Å². The van der Waals surface area contributed by atoms with Crippen LogP contribution in [0.25, 0.3) is 0 Å². The van der Waals surface area contributed by atoms with Crippen molar-refractivity contribution < 1.29 is 14.1 Å². The van der Waals surface area contributed by atoms with Crippen LogP contribution in [0.1, 0.15) is 60.0 Å². The van der Waals surface area contributed by atoms with Gasteiger partial charge in [0, 0.05) is 43.9 Å². The van der Waals surface area contributed by atoms with Gasteiger partial charge in [-0.3, -0.25) is 14.6 Å². The molecule has 7 heteroatoms. The molecular formula is C20H26N4O3. The number of nitrogens with one attached hydrogen (secondary N) is 1. The smallest absolute Gasteiger partial charge is 0.259 e. The second kappa shape index (κ2) is 8.33. The van der Waals surface area contributed by atoms with Gasteiger partial charge >= 0.3 is 0 Å². The average Bonchev–Trinajstić information content (AvgIpc) is 3.08. The molecule has 27 heavy (non-hydrogen) atoms. The van der Waals surface area contributed by atoms with Gasteiger partial charge in [-0.05, 0) is 31.4 Å². The van der Waals surface area contributed by atoms with Crippen molar-refractivity contribution in [2.45, 2.75) is 46.1 Å². The predicted octanol–water partition coefficient (Wildman–Crippen LogP) is 2.67. The number of hydrogen-bond acceptors (Lipinski definition) is 5. The fourth-order valence-corrected chi connectivity index (χ4v) is 3.38. The molecule has 7 nitrogen and oxygen atoms in total. The zero-order valence-corrected chi connectivity index (χ0v) is 16.1. The van der Waals surface area contributed by atoms with Crippen molar-refractivity contribution in [3.63, 3.8) is 0 Å². The number of carbonyl (C=O) groups is 2. The molecule has 0 atom stereocenters. The molecule has 3 rings (SSSR count). The third-order valence-electron chi connectivity index (χ3n) is 4.97. The van der Waals surface area contributed by atoms with E-state index >= 15 is 0 Å². The summed E-state index contributed by atoms with van der Waals surface area (Å²) in [5, 5.41) is 6.92. The van der Waals surface area contributed by atoms with E-state index in [4.69, 9.17) is 4.52 Å². The summed E-state index contributed by atoms with van der Waals surface area (Å²) in [4.78, 5) is 31.2. The molecule has 3 heterocycles. The number of piperidine rings is 1. The maximum atomic E-state index is 12.9. The fourth-order valence-electron chi connectivity index (χ4n) is 3.38. The fraction of sp³-hybridized carbons (Fsp3) is 0.500. The van der Waals surface area contributed by atoms with Crippen LogP contribution in [0.3, 0.4) is 0 Å². The Morgan fingerprint density at radius 2 is 2.07 bits per heavy atom. The van der Waals surface area contributed by atoms with Crippen molar-refractivity contribution in [3.05, 3.63) is 47.1 Å². The zero-order valence-electron chi connectivity index (χ0n) is 16.1. The molecule has 0 aromatic carbocycles. The molecule has 1 fully saturated rings. The quantitative estimate of drug-likeness (QED) is 0.874. The van der Waals surface area contributed by atoms with Crippen LogP contribution in [0.15, 0.2) is 29.0 Å². The second-order valence-electron chi connectivity index (χ2n) is 7.31. The van der Waals surface area contributed by atoms with Gasteiger partial charge in [-0.2, -0.15) is 0 Å². The van der Waals surface area contributed by atoms with E-state index in [2.05, 4.69) is 15.5 Å². The van der Waals surface area contributed by atoms with Crippen LogP contribution in [0.4, 0.5) is 0 Å². The van der Waals surface area contributed by atoms with E-state index < -0.39 is 0 Å². The van der Waals surface area contributed by atoms with Gasteiger partial charge in [0.1, 0.15) is 5.56 Å². The molecule has 1 aliphatic rings. The molecular weight excluding hydrogens is 344 g/mol. The predicted molar refractivity (Wildman–Crippen MR) is 100 cm³/mol. The molecule has 2 amide bonds. The van der Waals surface area contributed by atoms with Gasteiger partial charge in [0.05, 0.1) is 5.69 Å². The van der Waals surface area contributed by atoms with E-state index in [1.807, 2.05) is 26.0 Å². The summed E-state index contributed by atoms with van der Waals surface area (Å²) in [6.45, 7) is 7.35. The third kappa shape index (κ3) is 4.35. The first-order valence-corrected chi connectivity index (χ1v) is 9.39. The lowest BCUT2D eigenvalue weighted by molar-refractivity contribution is -0.126. The van der Waals surface area contributed by atoms with Crippen molar-refractivity contribution in [2.75, 3.05) is 13.1 Å². The highest BCUT2D eigenvalue weighted by atomic mass is 16.5. The largest absolute Gasteiger partial charge is 0.360 e. The van der Waals surface area contributed by atoms with Gasteiger partial charge in [0.25, 0.3) is 5.91 Å². The van der Waals surface area contributed by atoms with E-state index in [0.717, 1.165) is 5.56 Å².